The van der Waals surface area contributed by atoms with Gasteiger partial charge in [-0.1, -0.05) is 53.5 Å². The molecular weight excluding hydrogens is 399 g/mol. The summed E-state index contributed by atoms with van der Waals surface area (Å²) in [4.78, 5) is 25.0. The molecular formula is C22H16Cl2O4. The molecule has 0 aromatic heterocycles. The molecule has 0 atom stereocenters. The van der Waals surface area contributed by atoms with Crippen LogP contribution in [0.3, 0.4) is 0 Å². The van der Waals surface area contributed by atoms with E-state index in [2.05, 4.69) is 0 Å². The van der Waals surface area contributed by atoms with Crippen LogP contribution in [0.5, 0.6) is 0 Å². The van der Waals surface area contributed by atoms with E-state index in [9.17, 15) is 9.59 Å². The average molecular weight is 415 g/mol. The molecule has 0 fully saturated rings. The first kappa shape index (κ1) is 19.9. The molecule has 0 aliphatic carbocycles. The summed E-state index contributed by atoms with van der Waals surface area (Å²) in [5, 5.41) is 1.10. The summed E-state index contributed by atoms with van der Waals surface area (Å²) in [7, 11) is 0. The number of hydrogen-bond acceptors (Lipinski definition) is 4. The van der Waals surface area contributed by atoms with Gasteiger partial charge >= 0.3 is 5.97 Å². The normalized spacial score (nSPS) is 15.4. The Kier molecular flexibility index (Phi) is 6.34. The van der Waals surface area contributed by atoms with Gasteiger partial charge in [0.25, 0.3) is 0 Å². The maximum Gasteiger partial charge on any atom is 0.346 e. The van der Waals surface area contributed by atoms with Crippen LogP contribution in [0.25, 0.3) is 12.2 Å². The minimum absolute atomic E-state index is 0.0241. The highest BCUT2D eigenvalue weighted by atomic mass is 35.5. The SMILES string of the molecule is CCOC(=O)C1=C(/C=C/c2cccc(Cl)c2)O/C(=C/c2cccc(Cl)c2)C1=O. The number of benzene rings is 2. The molecule has 0 unspecified atom stereocenters. The lowest BCUT2D eigenvalue weighted by Crippen LogP contribution is -2.14. The van der Waals surface area contributed by atoms with Crippen LogP contribution in [0, 0.1) is 0 Å². The number of ketones is 1. The fraction of sp³-hybridized carbons (Fsp3) is 0.0909. The number of allylic oxidation sites excluding steroid dienone is 2. The molecule has 0 saturated carbocycles. The van der Waals surface area contributed by atoms with Crippen molar-refractivity contribution >= 4 is 47.1 Å². The van der Waals surface area contributed by atoms with E-state index in [-0.39, 0.29) is 23.7 Å². The van der Waals surface area contributed by atoms with Crippen LogP contribution < -0.4 is 0 Å². The largest absolute Gasteiger partial charge is 0.462 e. The van der Waals surface area contributed by atoms with Crippen LogP contribution in [0.2, 0.25) is 10.0 Å². The summed E-state index contributed by atoms with van der Waals surface area (Å²) in [6, 6.07) is 14.1. The predicted octanol–water partition coefficient (Wildman–Crippen LogP) is 5.46. The van der Waals surface area contributed by atoms with E-state index in [0.29, 0.717) is 15.6 Å². The lowest BCUT2D eigenvalue weighted by atomic mass is 10.1. The topological polar surface area (TPSA) is 52.6 Å². The number of Topliss-reactive ketones (excluding diaryl/α,β-unsaturated/α-hetero) is 1. The second-order valence-corrected chi connectivity index (χ2v) is 6.72. The molecule has 0 bridgehead atoms. The van der Waals surface area contributed by atoms with Gasteiger partial charge in [0.05, 0.1) is 6.61 Å². The molecule has 142 valence electrons. The van der Waals surface area contributed by atoms with E-state index in [1.807, 2.05) is 6.07 Å². The highest BCUT2D eigenvalue weighted by molar-refractivity contribution is 6.31. The summed E-state index contributed by atoms with van der Waals surface area (Å²) in [6.45, 7) is 1.82. The third-order valence-electron chi connectivity index (χ3n) is 3.82. The quantitative estimate of drug-likeness (QED) is 0.370. The van der Waals surface area contributed by atoms with Gasteiger partial charge in [0.2, 0.25) is 5.78 Å². The van der Waals surface area contributed by atoms with Crippen LogP contribution in [0.4, 0.5) is 0 Å². The summed E-state index contributed by atoms with van der Waals surface area (Å²) in [5.74, 6) is -1.12. The fourth-order valence-electron chi connectivity index (χ4n) is 2.59. The Bertz CT molecular complexity index is 1020. The van der Waals surface area contributed by atoms with Crippen molar-refractivity contribution in [2.24, 2.45) is 0 Å². The highest BCUT2D eigenvalue weighted by Crippen LogP contribution is 2.29. The third-order valence-corrected chi connectivity index (χ3v) is 4.29. The van der Waals surface area contributed by atoms with Gasteiger partial charge in [0.15, 0.2) is 11.3 Å². The standard InChI is InChI=1S/C22H16Cl2O4/c1-2-27-22(26)20-18(10-9-14-5-3-7-16(23)11-14)28-19(21(20)25)13-15-6-4-8-17(24)12-15/h3-13H,2H2,1H3/b10-9+,19-13+. The van der Waals surface area contributed by atoms with Crippen molar-refractivity contribution in [2.45, 2.75) is 6.92 Å². The van der Waals surface area contributed by atoms with Gasteiger partial charge in [-0.05, 0) is 54.5 Å². The van der Waals surface area contributed by atoms with Gasteiger partial charge in [-0.25, -0.2) is 4.79 Å². The number of halogens is 2. The lowest BCUT2D eigenvalue weighted by molar-refractivity contribution is -0.139. The molecule has 1 aliphatic heterocycles. The number of carbonyl (C=O) groups is 2. The first-order chi connectivity index (χ1) is 13.5. The maximum atomic E-state index is 12.7. The summed E-state index contributed by atoms with van der Waals surface area (Å²) < 4.78 is 10.7. The van der Waals surface area contributed by atoms with Crippen LogP contribution in [-0.2, 0) is 19.1 Å². The second-order valence-electron chi connectivity index (χ2n) is 5.84. The number of ether oxygens (including phenoxy) is 2. The van der Waals surface area contributed by atoms with Crippen molar-refractivity contribution in [1.29, 1.82) is 0 Å². The minimum Gasteiger partial charge on any atom is -0.462 e. The molecule has 2 aromatic carbocycles. The molecule has 0 N–H and O–H groups in total. The number of carbonyl (C=O) groups excluding carboxylic acids is 2. The summed E-state index contributed by atoms with van der Waals surface area (Å²) >= 11 is 12.0. The first-order valence-corrected chi connectivity index (χ1v) is 9.28. The van der Waals surface area contributed by atoms with Crippen molar-refractivity contribution < 1.29 is 19.1 Å². The average Bonchev–Trinajstić information content (AvgIpc) is 2.96. The van der Waals surface area contributed by atoms with Crippen molar-refractivity contribution in [2.75, 3.05) is 6.61 Å². The summed E-state index contributed by atoms with van der Waals surface area (Å²) in [6.07, 6.45) is 4.79. The molecule has 0 spiro atoms. The Balaban J connectivity index is 1.95. The smallest absolute Gasteiger partial charge is 0.346 e. The van der Waals surface area contributed by atoms with Gasteiger partial charge < -0.3 is 9.47 Å². The molecule has 0 saturated heterocycles. The van der Waals surface area contributed by atoms with Gasteiger partial charge in [-0.2, -0.15) is 0 Å². The van der Waals surface area contributed by atoms with E-state index < -0.39 is 11.8 Å². The Labute approximate surface area is 172 Å². The summed E-state index contributed by atoms with van der Waals surface area (Å²) in [5.41, 5.74) is 1.33. The molecule has 6 heteroatoms. The van der Waals surface area contributed by atoms with E-state index in [4.69, 9.17) is 32.7 Å². The van der Waals surface area contributed by atoms with Crippen molar-refractivity contribution in [1.82, 2.24) is 0 Å². The first-order valence-electron chi connectivity index (χ1n) is 8.53. The van der Waals surface area contributed by atoms with Crippen LogP contribution in [-0.4, -0.2) is 18.4 Å². The zero-order chi connectivity index (χ0) is 20.1. The monoisotopic (exact) mass is 414 g/mol. The number of rotatable bonds is 5. The fourth-order valence-corrected chi connectivity index (χ4v) is 2.99. The van der Waals surface area contributed by atoms with Gasteiger partial charge in [-0.15, -0.1) is 0 Å². The number of esters is 1. The van der Waals surface area contributed by atoms with Gasteiger partial charge in [-0.3, -0.25) is 4.79 Å². The second kappa shape index (κ2) is 8.91. The zero-order valence-corrected chi connectivity index (χ0v) is 16.5. The Morgan fingerprint density at radius 1 is 1.04 bits per heavy atom. The molecule has 1 aliphatic rings. The molecule has 3 rings (SSSR count). The molecule has 1 heterocycles. The van der Waals surface area contributed by atoms with E-state index >= 15 is 0 Å². The van der Waals surface area contributed by atoms with Crippen LogP contribution in [0.15, 0.2) is 71.7 Å². The van der Waals surface area contributed by atoms with Crippen LogP contribution >= 0.6 is 23.2 Å². The Hall–Kier alpha value is -2.82. The maximum absolute atomic E-state index is 12.7. The van der Waals surface area contributed by atoms with Gasteiger partial charge in [0.1, 0.15) is 5.76 Å². The zero-order valence-electron chi connectivity index (χ0n) is 14.9. The van der Waals surface area contributed by atoms with Crippen molar-refractivity contribution in [3.05, 3.63) is 92.9 Å². The molecule has 28 heavy (non-hydrogen) atoms. The van der Waals surface area contributed by atoms with Gasteiger partial charge in [0, 0.05) is 10.0 Å². The minimum atomic E-state index is -0.729. The molecule has 0 radical (unpaired) electrons. The van der Waals surface area contributed by atoms with Crippen LogP contribution in [0.1, 0.15) is 18.1 Å². The molecule has 2 aromatic rings. The van der Waals surface area contributed by atoms with Crippen molar-refractivity contribution in [3.8, 4) is 0 Å². The highest BCUT2D eigenvalue weighted by Gasteiger charge is 2.35. The van der Waals surface area contributed by atoms with E-state index in [1.165, 1.54) is 6.08 Å². The predicted molar refractivity (Wildman–Crippen MR) is 110 cm³/mol. The Morgan fingerprint density at radius 2 is 1.68 bits per heavy atom. The van der Waals surface area contributed by atoms with E-state index in [1.54, 1.807) is 61.5 Å². The third kappa shape index (κ3) is 4.71. The van der Waals surface area contributed by atoms with E-state index in [0.717, 1.165) is 5.56 Å². The number of hydrogen-bond donors (Lipinski definition) is 0. The molecule has 0 amide bonds. The lowest BCUT2D eigenvalue weighted by Gasteiger charge is -2.01. The Morgan fingerprint density at radius 3 is 2.32 bits per heavy atom. The molecule has 4 nitrogen and oxygen atoms in total. The van der Waals surface area contributed by atoms with Crippen molar-refractivity contribution in [3.63, 3.8) is 0 Å².